The third-order valence-electron chi connectivity index (χ3n) is 10.5. The van der Waals surface area contributed by atoms with E-state index in [2.05, 4.69) is 65.6 Å². The largest absolute Gasteiger partial charge is 0.453 e. The van der Waals surface area contributed by atoms with Crippen LogP contribution in [0.25, 0.3) is 33.6 Å². The fourth-order valence-corrected chi connectivity index (χ4v) is 7.38. The van der Waals surface area contributed by atoms with Gasteiger partial charge in [-0.05, 0) is 59.9 Å². The first kappa shape index (κ1) is 47.3. The number of hydrogen-bond donors (Lipinski definition) is 4. The number of benzene rings is 3. The number of hydrogen-bond acceptors (Lipinski definition) is 8. The second-order valence-electron chi connectivity index (χ2n) is 15.3. The van der Waals surface area contributed by atoms with Crippen LogP contribution in [0.2, 0.25) is 0 Å². The summed E-state index contributed by atoms with van der Waals surface area (Å²) >= 11 is 0. The van der Waals surface area contributed by atoms with Crippen LogP contribution in [0.15, 0.2) is 115 Å². The Morgan fingerprint density at radius 3 is 1.70 bits per heavy atom. The number of imidazole rings is 2. The molecule has 1 aliphatic rings. The van der Waals surface area contributed by atoms with Gasteiger partial charge in [-0.1, -0.05) is 117 Å². The summed E-state index contributed by atoms with van der Waals surface area (Å²) in [6, 6.07) is 24.6. The first-order chi connectivity index (χ1) is 30.7. The molecule has 0 bridgehead atoms. The van der Waals surface area contributed by atoms with Gasteiger partial charge in [0.1, 0.15) is 23.7 Å². The van der Waals surface area contributed by atoms with Gasteiger partial charge in [0.05, 0.1) is 44.0 Å². The number of methoxy groups -OCH3 is 2. The van der Waals surface area contributed by atoms with Crippen molar-refractivity contribution in [1.29, 1.82) is 0 Å². The van der Waals surface area contributed by atoms with Crippen LogP contribution < -0.4 is 10.6 Å². The second kappa shape index (κ2) is 24.6. The second-order valence-corrected chi connectivity index (χ2v) is 15.3. The number of nitrogens with zero attached hydrogens (tertiary/aromatic N) is 4. The lowest BCUT2D eigenvalue weighted by Crippen LogP contribution is -2.49. The molecule has 0 aliphatic heterocycles. The van der Waals surface area contributed by atoms with Gasteiger partial charge in [0, 0.05) is 33.7 Å². The Balaban J connectivity index is 0.00000242. The van der Waals surface area contributed by atoms with Crippen LogP contribution in [0.5, 0.6) is 0 Å². The zero-order valence-electron chi connectivity index (χ0n) is 36.9. The third-order valence-corrected chi connectivity index (χ3v) is 10.5. The van der Waals surface area contributed by atoms with Crippen molar-refractivity contribution in [3.63, 3.8) is 0 Å². The van der Waals surface area contributed by atoms with E-state index in [1.165, 1.54) is 7.11 Å². The molecule has 3 aromatic carbocycles. The molecule has 0 spiro atoms. The monoisotopic (exact) mass is 856 g/mol. The van der Waals surface area contributed by atoms with Gasteiger partial charge < -0.3 is 39.9 Å². The fourth-order valence-electron chi connectivity index (χ4n) is 7.38. The molecule has 0 fully saturated rings. The number of aromatic nitrogens is 4. The average Bonchev–Trinajstić information content (AvgIpc) is 3.99. The molecule has 63 heavy (non-hydrogen) atoms. The van der Waals surface area contributed by atoms with E-state index in [1.807, 2.05) is 80.6 Å². The van der Waals surface area contributed by atoms with Crippen LogP contribution in [0.3, 0.4) is 0 Å². The van der Waals surface area contributed by atoms with Crippen molar-refractivity contribution in [2.75, 3.05) is 34.4 Å². The van der Waals surface area contributed by atoms with Crippen LogP contribution in [0, 0.1) is 0 Å². The number of carbonyl (C=O) groups excluding carboxylic acids is 4. The first-order valence-electron chi connectivity index (χ1n) is 21.4. The summed E-state index contributed by atoms with van der Waals surface area (Å²) in [7, 11) is 4.53. The Morgan fingerprint density at radius 1 is 0.730 bits per heavy atom. The molecule has 5 aromatic rings. The van der Waals surface area contributed by atoms with Gasteiger partial charge in [0.15, 0.2) is 0 Å². The molecule has 0 radical (unpaired) electrons. The summed E-state index contributed by atoms with van der Waals surface area (Å²) in [5.74, 6) is 0.979. The molecule has 1 aliphatic carbocycles. The van der Waals surface area contributed by atoms with Crippen LogP contribution >= 0.6 is 0 Å². The summed E-state index contributed by atoms with van der Waals surface area (Å²) < 4.78 is 9.08. The minimum absolute atomic E-state index is 0.120. The lowest BCUT2D eigenvalue weighted by Gasteiger charge is -2.27. The SMILES string of the molecule is CCCN(Cc1ncc(-c2ccc(-c3ccc(-c4cnc(CN(CCC)C(=O)[C@@H](Cc5ccccc5)NC(=O)OC)[nH]4)cc3)cc2)[nH]1)C(=O)[C@@H](CC1=CC=CCC1)NC=O.COC. The highest BCUT2D eigenvalue weighted by atomic mass is 16.5. The standard InChI is InChI=1S/C47H54N8O5.C2H6O/c1-4-24-54(45(57)39(50-32-56)26-33-12-8-6-9-13-33)30-43-48-28-41(51-43)37-20-16-35(17-21-37)36-18-22-38(23-19-36)42-29-49-44(52-42)31-55(25-5-2)46(58)40(53-47(59)60-3)27-34-14-10-7-11-15-34;1-3-2/h6-8,10-12,14-23,28-29,32,39-40H,4-5,9,13,24-27,30-31H2,1-3H3,(H,48,51)(H,49,52)(H,50,56)(H,53,59);1-2H3/t39-,40-;/m1./s1. The van der Waals surface area contributed by atoms with Gasteiger partial charge in [-0.3, -0.25) is 14.4 Å². The molecule has 14 nitrogen and oxygen atoms in total. The Hall–Kier alpha value is -6.80. The lowest BCUT2D eigenvalue weighted by molar-refractivity contribution is -0.135. The maximum Gasteiger partial charge on any atom is 0.407 e. The summed E-state index contributed by atoms with van der Waals surface area (Å²) in [6.07, 6.45) is 13.8. The minimum atomic E-state index is -0.794. The van der Waals surface area contributed by atoms with Crippen molar-refractivity contribution >= 4 is 24.3 Å². The average molecular weight is 857 g/mol. The van der Waals surface area contributed by atoms with E-state index < -0.39 is 18.2 Å². The fraction of sp³-hybridized carbons (Fsp3) is 0.347. The number of H-pyrrole nitrogens is 2. The molecule has 332 valence electrons. The van der Waals surface area contributed by atoms with Gasteiger partial charge in [-0.25, -0.2) is 14.8 Å². The highest BCUT2D eigenvalue weighted by Gasteiger charge is 2.28. The van der Waals surface area contributed by atoms with E-state index in [-0.39, 0.29) is 18.4 Å². The molecule has 6 rings (SSSR count). The molecule has 2 heterocycles. The minimum Gasteiger partial charge on any atom is -0.453 e. The maximum atomic E-state index is 13.8. The number of alkyl carbamates (subject to hydrolysis) is 1. The highest BCUT2D eigenvalue weighted by molar-refractivity contribution is 5.86. The third kappa shape index (κ3) is 13.9. The molecular formula is C49H60N8O6. The van der Waals surface area contributed by atoms with Crippen LogP contribution in [-0.2, 0) is 43.4 Å². The molecule has 4 amide bonds. The van der Waals surface area contributed by atoms with E-state index in [4.69, 9.17) is 4.74 Å². The van der Waals surface area contributed by atoms with Crippen molar-refractivity contribution in [1.82, 2.24) is 40.4 Å². The molecule has 14 heteroatoms. The lowest BCUT2D eigenvalue weighted by atomic mass is 9.97. The van der Waals surface area contributed by atoms with Gasteiger partial charge in [0.2, 0.25) is 18.2 Å². The van der Waals surface area contributed by atoms with Crippen molar-refractivity contribution < 1.29 is 28.7 Å². The van der Waals surface area contributed by atoms with Crippen LogP contribution in [0.1, 0.15) is 63.2 Å². The van der Waals surface area contributed by atoms with Crippen molar-refractivity contribution in [2.45, 2.75) is 77.5 Å². The molecule has 2 aromatic heterocycles. The zero-order valence-corrected chi connectivity index (χ0v) is 36.9. The molecule has 4 N–H and O–H groups in total. The highest BCUT2D eigenvalue weighted by Crippen LogP contribution is 2.27. The van der Waals surface area contributed by atoms with E-state index in [0.717, 1.165) is 70.5 Å². The van der Waals surface area contributed by atoms with Gasteiger partial charge in [-0.15, -0.1) is 0 Å². The number of rotatable bonds is 20. The summed E-state index contributed by atoms with van der Waals surface area (Å²) in [6.45, 7) is 5.64. The molecule has 0 saturated carbocycles. The van der Waals surface area contributed by atoms with Crippen molar-refractivity contribution in [3.05, 3.63) is 132 Å². The van der Waals surface area contributed by atoms with Gasteiger partial charge in [-0.2, -0.15) is 0 Å². The van der Waals surface area contributed by atoms with Crippen LogP contribution in [-0.4, -0.2) is 101 Å². The summed E-state index contributed by atoms with van der Waals surface area (Å²) in [4.78, 5) is 70.5. The van der Waals surface area contributed by atoms with Crippen molar-refractivity contribution in [2.24, 2.45) is 0 Å². The molecular weight excluding hydrogens is 797 g/mol. The number of allylic oxidation sites excluding steroid dienone is 3. The number of amides is 4. The Kier molecular flexibility index (Phi) is 18.4. The maximum absolute atomic E-state index is 13.8. The first-order valence-corrected chi connectivity index (χ1v) is 21.4. The Bertz CT molecular complexity index is 2270. The number of ether oxygens (including phenoxy) is 2. The summed E-state index contributed by atoms with van der Waals surface area (Å²) in [5, 5.41) is 5.47. The van der Waals surface area contributed by atoms with Gasteiger partial charge >= 0.3 is 6.09 Å². The molecule has 2 atom stereocenters. The van der Waals surface area contributed by atoms with E-state index >= 15 is 0 Å². The smallest absolute Gasteiger partial charge is 0.407 e. The summed E-state index contributed by atoms with van der Waals surface area (Å²) in [5.41, 5.74) is 7.76. The van der Waals surface area contributed by atoms with Crippen LogP contribution in [0.4, 0.5) is 4.79 Å². The zero-order chi connectivity index (χ0) is 45.0. The number of aromatic amines is 2. The van der Waals surface area contributed by atoms with Crippen molar-refractivity contribution in [3.8, 4) is 33.6 Å². The number of nitrogens with one attached hydrogen (secondary N) is 4. The Morgan fingerprint density at radius 2 is 1.24 bits per heavy atom. The quantitative estimate of drug-likeness (QED) is 0.0579. The Labute approximate surface area is 370 Å². The predicted octanol–water partition coefficient (Wildman–Crippen LogP) is 7.62. The van der Waals surface area contributed by atoms with E-state index in [1.54, 1.807) is 36.4 Å². The topological polar surface area (TPSA) is 175 Å². The van der Waals surface area contributed by atoms with E-state index in [9.17, 15) is 19.2 Å². The van der Waals surface area contributed by atoms with Gasteiger partial charge in [0.25, 0.3) is 0 Å². The predicted molar refractivity (Wildman–Crippen MR) is 245 cm³/mol. The van der Waals surface area contributed by atoms with E-state index in [0.29, 0.717) is 50.5 Å². The number of carbonyl (C=O) groups is 4. The molecule has 0 unspecified atom stereocenters. The normalized spacial score (nSPS) is 12.8. The molecule has 0 saturated heterocycles.